The predicted octanol–water partition coefficient (Wildman–Crippen LogP) is 3.71. The van der Waals surface area contributed by atoms with Crippen LogP contribution in [0.3, 0.4) is 0 Å². The van der Waals surface area contributed by atoms with Crippen LogP contribution in [0.1, 0.15) is 34.0 Å². The number of nitriles is 1. The number of piperazine rings is 1. The summed E-state index contributed by atoms with van der Waals surface area (Å²) in [5.74, 6) is -1.11. The van der Waals surface area contributed by atoms with Gasteiger partial charge in [0.25, 0.3) is 5.91 Å². The third-order valence-electron chi connectivity index (χ3n) is 4.86. The first-order valence-electron chi connectivity index (χ1n) is 9.12. The summed E-state index contributed by atoms with van der Waals surface area (Å²) >= 11 is 6.29. The van der Waals surface area contributed by atoms with E-state index in [1.165, 1.54) is 6.07 Å². The van der Waals surface area contributed by atoms with Gasteiger partial charge in [-0.25, -0.2) is 4.39 Å². The largest absolute Gasteiger partial charge is 0.322 e. The topological polar surface area (TPSA) is 68.2 Å². The molecule has 7 heteroatoms. The zero-order chi connectivity index (χ0) is 20.3. The lowest BCUT2D eigenvalue weighted by molar-refractivity contribution is 0.102. The number of nitrogens with one attached hydrogen (secondary N) is 2. The van der Waals surface area contributed by atoms with Gasteiger partial charge in [-0.05, 0) is 55.3 Å². The van der Waals surface area contributed by atoms with Crippen LogP contribution in [0.25, 0.3) is 0 Å². The molecule has 2 N–H and O–H groups in total. The van der Waals surface area contributed by atoms with Crippen LogP contribution in [0.15, 0.2) is 30.3 Å². The fourth-order valence-electron chi connectivity index (χ4n) is 3.41. The number of halogens is 2. The molecule has 2 aromatic carbocycles. The average Bonchev–Trinajstić information content (AvgIpc) is 2.65. The number of rotatable bonds is 4. The first-order chi connectivity index (χ1) is 13.4. The Labute approximate surface area is 169 Å². The van der Waals surface area contributed by atoms with Crippen molar-refractivity contribution in [3.63, 3.8) is 0 Å². The summed E-state index contributed by atoms with van der Waals surface area (Å²) in [7, 11) is 0. The van der Waals surface area contributed by atoms with Crippen molar-refractivity contribution >= 4 is 23.2 Å². The van der Waals surface area contributed by atoms with Crippen molar-refractivity contribution in [2.45, 2.75) is 26.4 Å². The molecule has 0 saturated carbocycles. The summed E-state index contributed by atoms with van der Waals surface area (Å²) in [5.41, 5.74) is 2.73. The highest BCUT2D eigenvalue weighted by atomic mass is 35.5. The van der Waals surface area contributed by atoms with Crippen molar-refractivity contribution in [1.29, 1.82) is 5.26 Å². The fourth-order valence-corrected chi connectivity index (χ4v) is 3.65. The number of nitrogens with zero attached hydrogens (tertiary/aromatic N) is 2. The van der Waals surface area contributed by atoms with E-state index >= 15 is 0 Å². The molecule has 2 aromatic rings. The Kier molecular flexibility index (Phi) is 6.30. The number of benzene rings is 2. The highest BCUT2D eigenvalue weighted by Gasteiger charge is 2.18. The molecule has 1 unspecified atom stereocenters. The van der Waals surface area contributed by atoms with Gasteiger partial charge in [0.05, 0.1) is 11.6 Å². The van der Waals surface area contributed by atoms with E-state index in [-0.39, 0.29) is 11.1 Å². The molecule has 1 saturated heterocycles. The van der Waals surface area contributed by atoms with Crippen LogP contribution >= 0.6 is 11.6 Å². The maximum atomic E-state index is 13.7. The zero-order valence-corrected chi connectivity index (χ0v) is 16.6. The molecule has 5 nitrogen and oxygen atoms in total. The molecule has 1 aliphatic heterocycles. The minimum atomic E-state index is -0.625. The highest BCUT2D eigenvalue weighted by Crippen LogP contribution is 2.27. The Bertz CT molecular complexity index is 941. The Morgan fingerprint density at radius 1 is 1.39 bits per heavy atom. The Morgan fingerprint density at radius 2 is 2.18 bits per heavy atom. The molecule has 0 bridgehead atoms. The first-order valence-corrected chi connectivity index (χ1v) is 9.50. The number of carbonyl (C=O) groups is 1. The van der Waals surface area contributed by atoms with Gasteiger partial charge in [0, 0.05) is 48.5 Å². The molecule has 1 heterocycles. The summed E-state index contributed by atoms with van der Waals surface area (Å²) in [5, 5.41) is 15.7. The third-order valence-corrected chi connectivity index (χ3v) is 5.08. The molecule has 28 heavy (non-hydrogen) atoms. The SMILES string of the molecule is Cc1c(CN2CCNC(C)C2)cc(Cl)cc1NC(=O)c1cc(F)cc(C#N)c1. The van der Waals surface area contributed by atoms with Crippen molar-refractivity contribution in [1.82, 2.24) is 10.2 Å². The number of amides is 1. The van der Waals surface area contributed by atoms with Crippen LogP contribution in [0.4, 0.5) is 10.1 Å². The summed E-state index contributed by atoms with van der Waals surface area (Å²) in [6, 6.07) is 9.44. The highest BCUT2D eigenvalue weighted by molar-refractivity contribution is 6.31. The van der Waals surface area contributed by atoms with Gasteiger partial charge in [0.2, 0.25) is 0 Å². The van der Waals surface area contributed by atoms with Gasteiger partial charge < -0.3 is 10.6 Å². The minimum Gasteiger partial charge on any atom is -0.322 e. The van der Waals surface area contributed by atoms with E-state index in [1.807, 2.05) is 19.1 Å². The van der Waals surface area contributed by atoms with Gasteiger partial charge in [0.15, 0.2) is 0 Å². The van der Waals surface area contributed by atoms with Gasteiger partial charge in [-0.3, -0.25) is 9.69 Å². The smallest absolute Gasteiger partial charge is 0.255 e. The van der Waals surface area contributed by atoms with E-state index in [2.05, 4.69) is 22.5 Å². The van der Waals surface area contributed by atoms with Crippen molar-refractivity contribution in [2.24, 2.45) is 0 Å². The van der Waals surface area contributed by atoms with E-state index in [0.717, 1.165) is 49.4 Å². The van der Waals surface area contributed by atoms with E-state index in [1.54, 1.807) is 6.07 Å². The van der Waals surface area contributed by atoms with E-state index < -0.39 is 11.7 Å². The standard InChI is InChI=1S/C21H22ClFN4O/c1-13-11-27(4-3-25-13)12-17-7-18(22)9-20(14(17)2)26-21(28)16-5-15(10-24)6-19(23)8-16/h5-9,13,25H,3-4,11-12H2,1-2H3,(H,26,28). The van der Waals surface area contributed by atoms with Crippen LogP contribution in [0.2, 0.25) is 5.02 Å². The molecular weight excluding hydrogens is 379 g/mol. The molecule has 1 aliphatic rings. The van der Waals surface area contributed by atoms with Crippen molar-refractivity contribution in [2.75, 3.05) is 25.0 Å². The quantitative estimate of drug-likeness (QED) is 0.821. The molecule has 0 aliphatic carbocycles. The lowest BCUT2D eigenvalue weighted by Crippen LogP contribution is -2.48. The lowest BCUT2D eigenvalue weighted by Gasteiger charge is -2.32. The second kappa shape index (κ2) is 8.70. The first kappa shape index (κ1) is 20.3. The predicted molar refractivity (Wildman–Crippen MR) is 108 cm³/mol. The van der Waals surface area contributed by atoms with Gasteiger partial charge in [-0.2, -0.15) is 5.26 Å². The van der Waals surface area contributed by atoms with Gasteiger partial charge in [0.1, 0.15) is 5.82 Å². The van der Waals surface area contributed by atoms with Crippen molar-refractivity contribution in [3.05, 3.63) is 63.4 Å². The third kappa shape index (κ3) is 4.87. The molecule has 1 atom stereocenters. The number of hydrogen-bond acceptors (Lipinski definition) is 4. The monoisotopic (exact) mass is 400 g/mol. The molecule has 1 fully saturated rings. The summed E-state index contributed by atoms with van der Waals surface area (Å²) < 4.78 is 13.7. The molecule has 1 amide bonds. The van der Waals surface area contributed by atoms with Gasteiger partial charge in [-0.15, -0.1) is 0 Å². The Balaban J connectivity index is 1.82. The molecule has 0 radical (unpaired) electrons. The Hall–Kier alpha value is -2.46. The van der Waals surface area contributed by atoms with Crippen molar-refractivity contribution in [3.8, 4) is 6.07 Å². The maximum Gasteiger partial charge on any atom is 0.255 e. The normalized spacial score (nSPS) is 17.2. The van der Waals surface area contributed by atoms with Crippen LogP contribution < -0.4 is 10.6 Å². The zero-order valence-electron chi connectivity index (χ0n) is 15.9. The lowest BCUT2D eigenvalue weighted by atomic mass is 10.0. The van der Waals surface area contributed by atoms with Crippen LogP contribution in [-0.2, 0) is 6.54 Å². The summed E-state index contributed by atoms with van der Waals surface area (Å²) in [6.45, 7) is 7.63. The summed E-state index contributed by atoms with van der Waals surface area (Å²) in [6.07, 6.45) is 0. The average molecular weight is 401 g/mol. The van der Waals surface area contributed by atoms with E-state index in [4.69, 9.17) is 16.9 Å². The number of hydrogen-bond donors (Lipinski definition) is 2. The van der Waals surface area contributed by atoms with Crippen LogP contribution in [-0.4, -0.2) is 36.5 Å². The molecular formula is C21H22ClFN4O. The van der Waals surface area contributed by atoms with E-state index in [9.17, 15) is 9.18 Å². The molecule has 0 aromatic heterocycles. The number of carbonyl (C=O) groups excluding carboxylic acids is 1. The number of anilines is 1. The van der Waals surface area contributed by atoms with Crippen LogP contribution in [0, 0.1) is 24.1 Å². The minimum absolute atomic E-state index is 0.0911. The Morgan fingerprint density at radius 3 is 2.89 bits per heavy atom. The molecule has 146 valence electrons. The van der Waals surface area contributed by atoms with Gasteiger partial charge >= 0.3 is 0 Å². The maximum absolute atomic E-state index is 13.7. The van der Waals surface area contributed by atoms with Gasteiger partial charge in [-0.1, -0.05) is 11.6 Å². The second-order valence-corrected chi connectivity index (χ2v) is 7.56. The second-order valence-electron chi connectivity index (χ2n) is 7.12. The molecule has 0 spiro atoms. The summed E-state index contributed by atoms with van der Waals surface area (Å²) in [4.78, 5) is 14.9. The molecule has 3 rings (SSSR count). The van der Waals surface area contributed by atoms with Crippen LogP contribution in [0.5, 0.6) is 0 Å². The van der Waals surface area contributed by atoms with E-state index in [0.29, 0.717) is 16.8 Å². The fraction of sp³-hybridized carbons (Fsp3) is 0.333. The van der Waals surface area contributed by atoms with Crippen molar-refractivity contribution < 1.29 is 9.18 Å².